The van der Waals surface area contributed by atoms with Gasteiger partial charge in [0.25, 0.3) is 10.0 Å². The Morgan fingerprint density at radius 2 is 2.18 bits per heavy atom. The van der Waals surface area contributed by atoms with E-state index in [0.29, 0.717) is 18.0 Å². The number of anilines is 1. The van der Waals surface area contributed by atoms with Crippen molar-refractivity contribution in [1.29, 1.82) is 0 Å². The van der Waals surface area contributed by atoms with Crippen molar-refractivity contribution in [3.63, 3.8) is 0 Å². The molecule has 0 unspecified atom stereocenters. The molecule has 0 spiro atoms. The summed E-state index contributed by atoms with van der Waals surface area (Å²) in [6, 6.07) is 5.34. The lowest BCUT2D eigenvalue weighted by Crippen LogP contribution is -2.21. The Morgan fingerprint density at radius 3 is 2.82 bits per heavy atom. The highest BCUT2D eigenvalue weighted by Crippen LogP contribution is 2.21. The second-order valence-electron chi connectivity index (χ2n) is 3.43. The summed E-state index contributed by atoms with van der Waals surface area (Å²) in [5.74, 6) is 0.369. The molecule has 0 aromatic carbocycles. The van der Waals surface area contributed by atoms with Gasteiger partial charge in [0.15, 0.2) is 10.8 Å². The standard InChI is InChI=1S/C10H14N4O2S/c1-3-12-9-10(17(15,16)11-2)14-7-5-4-6-8(14)13-9/h4-7,11-12H,3H2,1-2H3. The minimum absolute atomic E-state index is 0.137. The number of rotatable bonds is 4. The highest BCUT2D eigenvalue weighted by atomic mass is 32.2. The van der Waals surface area contributed by atoms with E-state index in [0.717, 1.165) is 0 Å². The smallest absolute Gasteiger partial charge is 0.260 e. The lowest BCUT2D eigenvalue weighted by molar-refractivity contribution is 0.583. The summed E-state index contributed by atoms with van der Waals surface area (Å²) in [6.45, 7) is 2.50. The summed E-state index contributed by atoms with van der Waals surface area (Å²) in [5, 5.41) is 3.09. The van der Waals surface area contributed by atoms with Crippen LogP contribution in [0, 0.1) is 0 Å². The van der Waals surface area contributed by atoms with Crippen LogP contribution in [0.1, 0.15) is 6.92 Å². The van der Waals surface area contributed by atoms with E-state index in [9.17, 15) is 8.42 Å². The van der Waals surface area contributed by atoms with Crippen LogP contribution in [0.15, 0.2) is 29.4 Å². The lowest BCUT2D eigenvalue weighted by Gasteiger charge is -2.05. The predicted molar refractivity (Wildman–Crippen MR) is 65.6 cm³/mol. The van der Waals surface area contributed by atoms with E-state index in [-0.39, 0.29) is 5.03 Å². The summed E-state index contributed by atoms with van der Waals surface area (Å²) in [7, 11) is -2.16. The summed E-state index contributed by atoms with van der Waals surface area (Å²) in [4.78, 5) is 4.25. The molecule has 0 atom stereocenters. The SMILES string of the molecule is CCNc1nc2ccccn2c1S(=O)(=O)NC. The molecule has 0 aliphatic heterocycles. The molecule has 92 valence electrons. The van der Waals surface area contributed by atoms with Gasteiger partial charge in [-0.2, -0.15) is 0 Å². The average Bonchev–Trinajstić information content (AvgIpc) is 2.68. The van der Waals surface area contributed by atoms with Crippen molar-refractivity contribution >= 4 is 21.5 Å². The first kappa shape index (κ1) is 11.9. The molecule has 0 aliphatic carbocycles. The van der Waals surface area contributed by atoms with Crippen LogP contribution in [0.3, 0.4) is 0 Å². The second-order valence-corrected chi connectivity index (χ2v) is 5.23. The average molecular weight is 254 g/mol. The van der Waals surface area contributed by atoms with E-state index >= 15 is 0 Å². The maximum Gasteiger partial charge on any atom is 0.260 e. The molecule has 0 saturated heterocycles. The summed E-state index contributed by atoms with van der Waals surface area (Å²) in [6.07, 6.45) is 1.67. The molecule has 0 saturated carbocycles. The van der Waals surface area contributed by atoms with Gasteiger partial charge in [-0.3, -0.25) is 4.40 Å². The predicted octanol–water partition coefficient (Wildman–Crippen LogP) is 0.674. The van der Waals surface area contributed by atoms with Crippen LogP contribution in [-0.4, -0.2) is 31.4 Å². The molecule has 2 heterocycles. The topological polar surface area (TPSA) is 75.5 Å². The van der Waals surface area contributed by atoms with E-state index in [2.05, 4.69) is 15.0 Å². The quantitative estimate of drug-likeness (QED) is 0.841. The highest BCUT2D eigenvalue weighted by molar-refractivity contribution is 7.89. The highest BCUT2D eigenvalue weighted by Gasteiger charge is 2.23. The molecule has 7 heteroatoms. The van der Waals surface area contributed by atoms with Gasteiger partial charge in [0, 0.05) is 12.7 Å². The molecule has 0 radical (unpaired) electrons. The van der Waals surface area contributed by atoms with Crippen LogP contribution in [0.5, 0.6) is 0 Å². The van der Waals surface area contributed by atoms with Crippen molar-refractivity contribution < 1.29 is 8.42 Å². The number of nitrogens with zero attached hydrogens (tertiary/aromatic N) is 2. The third-order valence-corrected chi connectivity index (χ3v) is 3.79. The maximum atomic E-state index is 12.0. The molecule has 2 rings (SSSR count). The van der Waals surface area contributed by atoms with Gasteiger partial charge in [0.05, 0.1) is 0 Å². The number of fused-ring (bicyclic) bond motifs is 1. The first-order chi connectivity index (χ1) is 8.10. The lowest BCUT2D eigenvalue weighted by atomic mass is 10.5. The zero-order valence-electron chi connectivity index (χ0n) is 9.64. The number of imidazole rings is 1. The van der Waals surface area contributed by atoms with Gasteiger partial charge < -0.3 is 5.32 Å². The number of nitrogens with one attached hydrogen (secondary N) is 2. The van der Waals surface area contributed by atoms with Crippen LogP contribution >= 0.6 is 0 Å². The molecule has 6 nitrogen and oxygen atoms in total. The molecule has 2 N–H and O–H groups in total. The van der Waals surface area contributed by atoms with Crippen LogP contribution in [0.2, 0.25) is 0 Å². The minimum atomic E-state index is -3.55. The zero-order chi connectivity index (χ0) is 12.5. The molecule has 2 aromatic rings. The van der Waals surface area contributed by atoms with E-state index < -0.39 is 10.0 Å². The number of sulfonamides is 1. The summed E-state index contributed by atoms with van der Waals surface area (Å²) < 4.78 is 27.8. The van der Waals surface area contributed by atoms with E-state index in [1.165, 1.54) is 7.05 Å². The van der Waals surface area contributed by atoms with Crippen molar-refractivity contribution in [2.75, 3.05) is 18.9 Å². The van der Waals surface area contributed by atoms with Crippen molar-refractivity contribution in [2.45, 2.75) is 11.9 Å². The fraction of sp³-hybridized carbons (Fsp3) is 0.300. The molecule has 2 aromatic heterocycles. The Labute approximate surface area is 99.7 Å². The Morgan fingerprint density at radius 1 is 1.41 bits per heavy atom. The van der Waals surface area contributed by atoms with Crippen LogP contribution in [-0.2, 0) is 10.0 Å². The van der Waals surface area contributed by atoms with Crippen LogP contribution < -0.4 is 10.0 Å². The number of aromatic nitrogens is 2. The van der Waals surface area contributed by atoms with Crippen LogP contribution in [0.25, 0.3) is 5.65 Å². The van der Waals surface area contributed by atoms with Crippen molar-refractivity contribution in [2.24, 2.45) is 0 Å². The number of pyridine rings is 1. The molecule has 0 aliphatic rings. The molecule has 17 heavy (non-hydrogen) atoms. The fourth-order valence-electron chi connectivity index (χ4n) is 1.61. The third kappa shape index (κ3) is 1.98. The molecule has 0 amide bonds. The normalized spacial score (nSPS) is 11.9. The second kappa shape index (κ2) is 4.34. The molecule has 0 fully saturated rings. The van der Waals surface area contributed by atoms with Crippen molar-refractivity contribution in [3.05, 3.63) is 24.4 Å². The summed E-state index contributed by atoms with van der Waals surface area (Å²) >= 11 is 0. The van der Waals surface area contributed by atoms with Crippen molar-refractivity contribution in [1.82, 2.24) is 14.1 Å². The molecular formula is C10H14N4O2S. The summed E-state index contributed by atoms with van der Waals surface area (Å²) in [5.41, 5.74) is 0.595. The van der Waals surface area contributed by atoms with E-state index in [4.69, 9.17) is 0 Å². The zero-order valence-corrected chi connectivity index (χ0v) is 10.5. The van der Waals surface area contributed by atoms with Crippen molar-refractivity contribution in [3.8, 4) is 0 Å². The number of hydrogen-bond acceptors (Lipinski definition) is 4. The largest absolute Gasteiger partial charge is 0.368 e. The van der Waals surface area contributed by atoms with Gasteiger partial charge >= 0.3 is 0 Å². The van der Waals surface area contributed by atoms with Gasteiger partial charge in [-0.25, -0.2) is 18.1 Å². The number of hydrogen-bond donors (Lipinski definition) is 2. The Balaban J connectivity index is 2.77. The third-order valence-electron chi connectivity index (χ3n) is 2.35. The van der Waals surface area contributed by atoms with Crippen LogP contribution in [0.4, 0.5) is 5.82 Å². The monoisotopic (exact) mass is 254 g/mol. The van der Waals surface area contributed by atoms with E-state index in [1.807, 2.05) is 13.0 Å². The maximum absolute atomic E-state index is 12.0. The van der Waals surface area contributed by atoms with E-state index in [1.54, 1.807) is 22.7 Å². The molecular weight excluding hydrogens is 240 g/mol. The Kier molecular flexibility index (Phi) is 3.03. The van der Waals surface area contributed by atoms with Gasteiger partial charge in [-0.1, -0.05) is 6.07 Å². The fourth-order valence-corrected chi connectivity index (χ4v) is 2.59. The Bertz CT molecular complexity index is 633. The van der Waals surface area contributed by atoms with Gasteiger partial charge in [0.2, 0.25) is 0 Å². The molecule has 0 bridgehead atoms. The van der Waals surface area contributed by atoms with Gasteiger partial charge in [-0.05, 0) is 26.1 Å². The van der Waals surface area contributed by atoms with Gasteiger partial charge in [-0.15, -0.1) is 0 Å². The first-order valence-electron chi connectivity index (χ1n) is 5.24. The minimum Gasteiger partial charge on any atom is -0.368 e. The first-order valence-corrected chi connectivity index (χ1v) is 6.73. The Hall–Kier alpha value is -1.60. The van der Waals surface area contributed by atoms with Gasteiger partial charge in [0.1, 0.15) is 5.65 Å².